The van der Waals surface area contributed by atoms with Crippen LogP contribution in [-0.2, 0) is 4.79 Å². The van der Waals surface area contributed by atoms with Gasteiger partial charge in [-0.25, -0.2) is 4.79 Å². The van der Waals surface area contributed by atoms with Crippen LogP contribution >= 0.6 is 0 Å². The van der Waals surface area contributed by atoms with E-state index in [9.17, 15) is 9.59 Å². The van der Waals surface area contributed by atoms with Crippen LogP contribution in [0.1, 0.15) is 50.2 Å². The average Bonchev–Trinajstić information content (AvgIpc) is 2.97. The summed E-state index contributed by atoms with van der Waals surface area (Å²) in [6.45, 7) is 7.78. The summed E-state index contributed by atoms with van der Waals surface area (Å²) in [6, 6.07) is 9.08. The van der Waals surface area contributed by atoms with Crippen LogP contribution in [-0.4, -0.2) is 64.7 Å². The molecule has 1 heterocycles. The largest absolute Gasteiger partial charge is 0.480 e. The van der Waals surface area contributed by atoms with E-state index < -0.39 is 5.97 Å². The number of likely N-dealkylation sites (N-methyl/N-ethyl adjacent to an activating group) is 1. The highest BCUT2D eigenvalue weighted by Crippen LogP contribution is 2.33. The van der Waals surface area contributed by atoms with Crippen LogP contribution in [0, 0.1) is 6.92 Å². The van der Waals surface area contributed by atoms with Gasteiger partial charge in [0.25, 0.3) is 0 Å². The van der Waals surface area contributed by atoms with E-state index in [1.807, 2.05) is 16.7 Å². The topological polar surface area (TPSA) is 72.9 Å². The maximum Gasteiger partial charge on any atom is 0.317 e. The number of aliphatic carboxylic acids is 1. The van der Waals surface area contributed by atoms with Gasteiger partial charge in [-0.05, 0) is 50.8 Å². The lowest BCUT2D eigenvalue weighted by Crippen LogP contribution is -2.57. The summed E-state index contributed by atoms with van der Waals surface area (Å²) in [5.74, 6) is -0.398. The SMILES string of the molecule is CCN(CC(=O)O)C1CC(NC(=O)N2CC(c3ccccc3C)CC2C)C1. The van der Waals surface area contributed by atoms with Gasteiger partial charge < -0.3 is 15.3 Å². The Morgan fingerprint density at radius 3 is 2.59 bits per heavy atom. The molecule has 1 aliphatic carbocycles. The third-order valence-electron chi connectivity index (χ3n) is 6.17. The first-order chi connectivity index (χ1) is 12.9. The fourth-order valence-electron chi connectivity index (χ4n) is 4.52. The summed E-state index contributed by atoms with van der Waals surface area (Å²) in [4.78, 5) is 27.6. The Hall–Kier alpha value is -2.08. The lowest BCUT2D eigenvalue weighted by atomic mass is 9.85. The van der Waals surface area contributed by atoms with Crippen molar-refractivity contribution in [3.63, 3.8) is 0 Å². The second-order valence-corrected chi connectivity index (χ2v) is 8.02. The molecule has 3 rings (SSSR count). The molecule has 27 heavy (non-hydrogen) atoms. The monoisotopic (exact) mass is 373 g/mol. The van der Waals surface area contributed by atoms with E-state index in [-0.39, 0.29) is 30.7 Å². The highest BCUT2D eigenvalue weighted by atomic mass is 16.4. The molecule has 2 N–H and O–H groups in total. The normalized spacial score (nSPS) is 27.5. The molecule has 148 valence electrons. The Balaban J connectivity index is 1.51. The number of aryl methyl sites for hydroxylation is 1. The van der Waals surface area contributed by atoms with Crippen molar-refractivity contribution in [3.05, 3.63) is 35.4 Å². The fraction of sp³-hybridized carbons (Fsp3) is 0.619. The first kappa shape index (κ1) is 19.7. The molecule has 0 aromatic heterocycles. The van der Waals surface area contributed by atoms with Crippen molar-refractivity contribution < 1.29 is 14.7 Å². The highest BCUT2D eigenvalue weighted by molar-refractivity contribution is 5.75. The van der Waals surface area contributed by atoms with Gasteiger partial charge in [0.05, 0.1) is 6.54 Å². The van der Waals surface area contributed by atoms with E-state index >= 15 is 0 Å². The second-order valence-electron chi connectivity index (χ2n) is 8.02. The van der Waals surface area contributed by atoms with Gasteiger partial charge in [-0.2, -0.15) is 0 Å². The zero-order valence-electron chi connectivity index (χ0n) is 16.5. The molecule has 6 heteroatoms. The summed E-state index contributed by atoms with van der Waals surface area (Å²) in [5, 5.41) is 12.1. The summed E-state index contributed by atoms with van der Waals surface area (Å²) in [6.07, 6.45) is 2.65. The van der Waals surface area contributed by atoms with E-state index in [0.29, 0.717) is 5.92 Å². The van der Waals surface area contributed by atoms with Crippen molar-refractivity contribution in [2.45, 2.75) is 64.1 Å². The van der Waals surface area contributed by atoms with Crippen LogP contribution in [0.25, 0.3) is 0 Å². The van der Waals surface area contributed by atoms with Gasteiger partial charge in [0, 0.05) is 30.6 Å². The molecule has 0 spiro atoms. The van der Waals surface area contributed by atoms with Gasteiger partial charge in [0.15, 0.2) is 0 Å². The Morgan fingerprint density at radius 1 is 1.26 bits per heavy atom. The zero-order valence-corrected chi connectivity index (χ0v) is 16.5. The molecular weight excluding hydrogens is 342 g/mol. The van der Waals surface area contributed by atoms with Crippen molar-refractivity contribution >= 4 is 12.0 Å². The smallest absolute Gasteiger partial charge is 0.317 e. The minimum atomic E-state index is -0.794. The zero-order chi connectivity index (χ0) is 19.6. The maximum absolute atomic E-state index is 12.8. The van der Waals surface area contributed by atoms with Gasteiger partial charge in [0.1, 0.15) is 0 Å². The van der Waals surface area contributed by atoms with Gasteiger partial charge in [-0.3, -0.25) is 9.69 Å². The number of nitrogens with zero attached hydrogens (tertiary/aromatic N) is 2. The standard InChI is InChI=1S/C21H31N3O3/c1-4-23(13-20(25)26)18-10-17(11-18)22-21(27)24-12-16(9-15(24)3)19-8-6-5-7-14(19)2/h5-8,15-18H,4,9-13H2,1-3H3,(H,22,27)(H,25,26). The van der Waals surface area contributed by atoms with Crippen LogP contribution in [0.2, 0.25) is 0 Å². The van der Waals surface area contributed by atoms with Gasteiger partial charge in [0.2, 0.25) is 0 Å². The van der Waals surface area contributed by atoms with Crippen molar-refractivity contribution in [2.75, 3.05) is 19.6 Å². The molecule has 1 aliphatic heterocycles. The Labute approximate surface area is 161 Å². The molecule has 6 nitrogen and oxygen atoms in total. The summed E-state index contributed by atoms with van der Waals surface area (Å²) >= 11 is 0. The van der Waals surface area contributed by atoms with Gasteiger partial charge in [-0.1, -0.05) is 31.2 Å². The third-order valence-corrected chi connectivity index (χ3v) is 6.17. The molecule has 1 aromatic rings. The molecule has 1 aromatic carbocycles. The predicted octanol–water partition coefficient (Wildman–Crippen LogP) is 2.82. The van der Waals surface area contributed by atoms with Crippen LogP contribution in [0.3, 0.4) is 0 Å². The number of hydrogen-bond donors (Lipinski definition) is 2. The van der Waals surface area contributed by atoms with Crippen molar-refractivity contribution in [1.82, 2.24) is 15.1 Å². The van der Waals surface area contributed by atoms with Gasteiger partial charge in [-0.15, -0.1) is 0 Å². The molecule has 2 fully saturated rings. The number of carbonyl (C=O) groups is 2. The summed E-state index contributed by atoms with van der Waals surface area (Å²) < 4.78 is 0. The second kappa shape index (κ2) is 8.30. The van der Waals surface area contributed by atoms with E-state index in [2.05, 4.69) is 43.4 Å². The minimum Gasteiger partial charge on any atom is -0.480 e. The fourth-order valence-corrected chi connectivity index (χ4v) is 4.52. The Bertz CT molecular complexity index is 687. The molecule has 2 aliphatic rings. The van der Waals surface area contributed by atoms with Crippen LogP contribution in [0.5, 0.6) is 0 Å². The van der Waals surface area contributed by atoms with Crippen molar-refractivity contribution in [2.24, 2.45) is 0 Å². The van der Waals surface area contributed by atoms with E-state index in [0.717, 1.165) is 32.4 Å². The molecule has 2 unspecified atom stereocenters. The predicted molar refractivity (Wildman–Crippen MR) is 105 cm³/mol. The van der Waals surface area contributed by atoms with E-state index in [4.69, 9.17) is 5.11 Å². The number of nitrogens with one attached hydrogen (secondary N) is 1. The lowest BCUT2D eigenvalue weighted by Gasteiger charge is -2.42. The summed E-state index contributed by atoms with van der Waals surface area (Å²) in [5.41, 5.74) is 2.63. The van der Waals surface area contributed by atoms with Crippen molar-refractivity contribution in [1.29, 1.82) is 0 Å². The number of urea groups is 1. The number of carboxylic acid groups (broad SMARTS) is 1. The molecule has 0 bridgehead atoms. The minimum absolute atomic E-state index is 0.0170. The molecule has 2 atom stereocenters. The number of likely N-dealkylation sites (tertiary alicyclic amines) is 1. The number of rotatable bonds is 6. The number of carbonyl (C=O) groups excluding carboxylic acids is 1. The van der Waals surface area contributed by atoms with Gasteiger partial charge >= 0.3 is 12.0 Å². The third kappa shape index (κ3) is 4.43. The Morgan fingerprint density at radius 2 is 1.96 bits per heavy atom. The average molecular weight is 373 g/mol. The van der Waals surface area contributed by atoms with Crippen LogP contribution in [0.15, 0.2) is 24.3 Å². The first-order valence-electron chi connectivity index (χ1n) is 9.97. The number of amides is 2. The number of benzene rings is 1. The molecule has 0 radical (unpaired) electrons. The summed E-state index contributed by atoms with van der Waals surface area (Å²) in [7, 11) is 0. The quantitative estimate of drug-likeness (QED) is 0.804. The maximum atomic E-state index is 12.8. The molecule has 2 amide bonds. The highest BCUT2D eigenvalue weighted by Gasteiger charge is 2.38. The Kier molecular flexibility index (Phi) is 6.05. The number of carboxylic acids is 1. The number of hydrogen-bond acceptors (Lipinski definition) is 3. The first-order valence-corrected chi connectivity index (χ1v) is 9.97. The van der Waals surface area contributed by atoms with Crippen molar-refractivity contribution in [3.8, 4) is 0 Å². The molecule has 1 saturated carbocycles. The molecule has 1 saturated heterocycles. The van der Waals surface area contributed by atoms with Crippen LogP contribution < -0.4 is 5.32 Å². The van der Waals surface area contributed by atoms with E-state index in [1.54, 1.807) is 0 Å². The molecular formula is C21H31N3O3. The lowest BCUT2D eigenvalue weighted by molar-refractivity contribution is -0.139. The van der Waals surface area contributed by atoms with E-state index in [1.165, 1.54) is 11.1 Å². The van der Waals surface area contributed by atoms with Crippen LogP contribution in [0.4, 0.5) is 4.79 Å².